The molecule has 0 saturated carbocycles. The smallest absolute Gasteiger partial charge is 0.290 e. The van der Waals surface area contributed by atoms with Gasteiger partial charge in [-0.3, -0.25) is 4.98 Å². The van der Waals surface area contributed by atoms with Gasteiger partial charge in [0.2, 0.25) is 5.88 Å². The molecule has 1 aromatic carbocycles. The minimum absolute atomic E-state index is 0.153. The number of aliphatic hydroxyl groups excluding tert-OH is 1. The summed E-state index contributed by atoms with van der Waals surface area (Å²) < 4.78 is 37.6. The first-order valence-corrected chi connectivity index (χ1v) is 9.64. The number of thioether (sulfide) groups is 1. The van der Waals surface area contributed by atoms with Crippen LogP contribution in [0.1, 0.15) is 22.4 Å². The molecule has 6 nitrogen and oxygen atoms in total. The third-order valence-electron chi connectivity index (χ3n) is 4.61. The van der Waals surface area contributed by atoms with Gasteiger partial charge in [0.25, 0.3) is 5.76 Å². The highest BCUT2D eigenvalue weighted by Crippen LogP contribution is 2.43. The SMILES string of the molecule is COc1ccc(-c2nc3c(c(SC(F)F)n2)Cc2c(CO)cnc(C)c2O3)cc1. The molecule has 0 aliphatic carbocycles. The van der Waals surface area contributed by atoms with Gasteiger partial charge in [0.15, 0.2) is 11.6 Å². The van der Waals surface area contributed by atoms with Crippen molar-refractivity contribution >= 4 is 11.8 Å². The minimum Gasteiger partial charge on any atom is -0.497 e. The second-order valence-electron chi connectivity index (χ2n) is 6.36. The molecule has 2 aromatic heterocycles. The molecule has 29 heavy (non-hydrogen) atoms. The number of aryl methyl sites for hydroxylation is 1. The standard InChI is InChI=1S/C20H17F2N3O3S/c1-10-16-14(12(9-26)8-23-10)7-15-18(28-16)24-17(25-19(15)29-20(21)22)11-3-5-13(27-2)6-4-11/h3-6,8,20,26H,7,9H2,1-2H3. The van der Waals surface area contributed by atoms with Gasteiger partial charge in [0.05, 0.1) is 25.0 Å². The van der Waals surface area contributed by atoms with Crippen molar-refractivity contribution < 1.29 is 23.4 Å². The molecule has 3 aromatic rings. The monoisotopic (exact) mass is 417 g/mol. The van der Waals surface area contributed by atoms with Crippen LogP contribution in [0.4, 0.5) is 8.78 Å². The summed E-state index contributed by atoms with van der Waals surface area (Å²) in [4.78, 5) is 13.1. The van der Waals surface area contributed by atoms with Crippen molar-refractivity contribution in [3.63, 3.8) is 0 Å². The molecule has 0 bridgehead atoms. The van der Waals surface area contributed by atoms with Crippen molar-refractivity contribution in [3.05, 3.63) is 52.8 Å². The van der Waals surface area contributed by atoms with Crippen LogP contribution in [-0.4, -0.2) is 32.9 Å². The molecule has 1 aliphatic heterocycles. The van der Waals surface area contributed by atoms with Gasteiger partial charge in [-0.1, -0.05) is 0 Å². The Labute approximate surface area is 169 Å². The van der Waals surface area contributed by atoms with E-state index in [0.29, 0.717) is 51.2 Å². The molecule has 0 atom stereocenters. The maximum absolute atomic E-state index is 13.2. The lowest BCUT2D eigenvalue weighted by molar-refractivity contribution is 0.251. The molecule has 0 fully saturated rings. The van der Waals surface area contributed by atoms with E-state index in [1.165, 1.54) is 0 Å². The number of ether oxygens (including phenoxy) is 2. The molecule has 1 N–H and O–H groups in total. The van der Waals surface area contributed by atoms with Crippen molar-refractivity contribution in [2.45, 2.75) is 30.7 Å². The Hall–Kier alpha value is -2.78. The zero-order chi connectivity index (χ0) is 20.5. The van der Waals surface area contributed by atoms with E-state index in [4.69, 9.17) is 9.47 Å². The predicted molar refractivity (Wildman–Crippen MR) is 104 cm³/mol. The average molecular weight is 417 g/mol. The molecule has 0 spiro atoms. The molecule has 4 rings (SSSR count). The van der Waals surface area contributed by atoms with Crippen LogP contribution in [0.25, 0.3) is 11.4 Å². The first-order chi connectivity index (χ1) is 14.0. The van der Waals surface area contributed by atoms with E-state index >= 15 is 0 Å². The van der Waals surface area contributed by atoms with E-state index in [0.717, 1.165) is 0 Å². The second-order valence-corrected chi connectivity index (χ2v) is 7.34. The average Bonchev–Trinajstić information content (AvgIpc) is 2.73. The van der Waals surface area contributed by atoms with Crippen molar-refractivity contribution in [1.82, 2.24) is 15.0 Å². The van der Waals surface area contributed by atoms with Crippen LogP contribution in [0.3, 0.4) is 0 Å². The summed E-state index contributed by atoms with van der Waals surface area (Å²) in [5.74, 6) is -0.979. The van der Waals surface area contributed by atoms with Gasteiger partial charge in [0.1, 0.15) is 10.8 Å². The lowest BCUT2D eigenvalue weighted by atomic mass is 9.99. The van der Waals surface area contributed by atoms with E-state index in [1.807, 2.05) is 0 Å². The normalized spacial score (nSPS) is 12.3. The number of benzene rings is 1. The highest BCUT2D eigenvalue weighted by atomic mass is 32.2. The lowest BCUT2D eigenvalue weighted by Gasteiger charge is -2.24. The lowest BCUT2D eigenvalue weighted by Crippen LogP contribution is -2.13. The van der Waals surface area contributed by atoms with Gasteiger partial charge in [0, 0.05) is 29.3 Å². The Balaban J connectivity index is 1.83. The van der Waals surface area contributed by atoms with Gasteiger partial charge in [-0.05, 0) is 43.0 Å². The van der Waals surface area contributed by atoms with Crippen molar-refractivity contribution in [2.24, 2.45) is 0 Å². The molecule has 3 heterocycles. The molecule has 0 amide bonds. The second kappa shape index (κ2) is 7.92. The number of pyridine rings is 1. The van der Waals surface area contributed by atoms with Crippen molar-refractivity contribution in [2.75, 3.05) is 7.11 Å². The molecular weight excluding hydrogens is 400 g/mol. The van der Waals surface area contributed by atoms with Crippen LogP contribution in [0.5, 0.6) is 17.4 Å². The summed E-state index contributed by atoms with van der Waals surface area (Å²) in [5, 5.41) is 9.77. The maximum atomic E-state index is 13.2. The summed E-state index contributed by atoms with van der Waals surface area (Å²) in [6.07, 6.45) is 1.84. The van der Waals surface area contributed by atoms with Gasteiger partial charge in [-0.25, -0.2) is 4.98 Å². The van der Waals surface area contributed by atoms with Gasteiger partial charge in [-0.2, -0.15) is 13.8 Å². The number of alkyl halides is 2. The van der Waals surface area contributed by atoms with Crippen LogP contribution in [0, 0.1) is 6.92 Å². The molecule has 9 heteroatoms. The fourth-order valence-electron chi connectivity index (χ4n) is 3.14. The summed E-state index contributed by atoms with van der Waals surface area (Å²) >= 11 is 0.355. The summed E-state index contributed by atoms with van der Waals surface area (Å²) in [5.41, 5.74) is 3.06. The zero-order valence-corrected chi connectivity index (χ0v) is 16.5. The summed E-state index contributed by atoms with van der Waals surface area (Å²) in [6, 6.07) is 7.00. The van der Waals surface area contributed by atoms with Crippen LogP contribution < -0.4 is 9.47 Å². The van der Waals surface area contributed by atoms with Crippen LogP contribution in [-0.2, 0) is 13.0 Å². The Morgan fingerprint density at radius 3 is 2.62 bits per heavy atom. The highest BCUT2D eigenvalue weighted by Gasteiger charge is 2.28. The number of halogens is 2. The summed E-state index contributed by atoms with van der Waals surface area (Å²) in [7, 11) is 1.56. The quantitative estimate of drug-likeness (QED) is 0.382. The van der Waals surface area contributed by atoms with E-state index in [-0.39, 0.29) is 29.8 Å². The zero-order valence-electron chi connectivity index (χ0n) is 15.6. The van der Waals surface area contributed by atoms with E-state index in [1.54, 1.807) is 44.5 Å². The molecule has 150 valence electrons. The number of aromatic nitrogens is 3. The highest BCUT2D eigenvalue weighted by molar-refractivity contribution is 7.99. The van der Waals surface area contributed by atoms with Crippen LogP contribution in [0.15, 0.2) is 35.5 Å². The number of methoxy groups -OCH3 is 1. The number of nitrogens with zero attached hydrogens (tertiary/aromatic N) is 3. The van der Waals surface area contributed by atoms with Crippen molar-refractivity contribution in [3.8, 4) is 28.8 Å². The first-order valence-electron chi connectivity index (χ1n) is 8.76. The minimum atomic E-state index is -2.64. The molecule has 0 saturated heterocycles. The topological polar surface area (TPSA) is 77.4 Å². The van der Waals surface area contributed by atoms with E-state index < -0.39 is 5.76 Å². The fraction of sp³-hybridized carbons (Fsp3) is 0.250. The van der Waals surface area contributed by atoms with Gasteiger partial charge >= 0.3 is 0 Å². The number of hydrogen-bond acceptors (Lipinski definition) is 7. The fourth-order valence-corrected chi connectivity index (χ4v) is 3.75. The first kappa shape index (κ1) is 19.5. The Kier molecular flexibility index (Phi) is 5.33. The van der Waals surface area contributed by atoms with Gasteiger partial charge in [-0.15, -0.1) is 0 Å². The van der Waals surface area contributed by atoms with Crippen LogP contribution in [0.2, 0.25) is 0 Å². The van der Waals surface area contributed by atoms with E-state index in [2.05, 4.69) is 15.0 Å². The number of fused-ring (bicyclic) bond motifs is 2. The Morgan fingerprint density at radius 2 is 1.97 bits per heavy atom. The Bertz CT molecular complexity index is 1060. The molecular formula is C20H17F2N3O3S. The summed E-state index contributed by atoms with van der Waals surface area (Å²) in [6.45, 7) is 1.56. The number of rotatable bonds is 5. The van der Waals surface area contributed by atoms with Crippen molar-refractivity contribution in [1.29, 1.82) is 0 Å². The van der Waals surface area contributed by atoms with E-state index in [9.17, 15) is 13.9 Å². The molecule has 0 unspecified atom stereocenters. The number of aliphatic hydroxyl groups is 1. The predicted octanol–water partition coefficient (Wildman–Crippen LogP) is 4.36. The van der Waals surface area contributed by atoms with Crippen LogP contribution >= 0.6 is 11.8 Å². The third-order valence-corrected chi connectivity index (χ3v) is 5.35. The molecule has 0 radical (unpaired) electrons. The molecule has 1 aliphatic rings. The Morgan fingerprint density at radius 1 is 1.21 bits per heavy atom. The maximum Gasteiger partial charge on any atom is 0.290 e. The largest absolute Gasteiger partial charge is 0.497 e. The third kappa shape index (κ3) is 3.75. The van der Waals surface area contributed by atoms with Gasteiger partial charge < -0.3 is 14.6 Å². The number of hydrogen-bond donors (Lipinski definition) is 1.